The number of aromatic amines is 1. The maximum Gasteiger partial charge on any atom is 0.434 e. The molecule has 6 heteroatoms. The Kier molecular flexibility index (Phi) is 3.24. The number of nitrogens with zero attached hydrogens (tertiary/aromatic N) is 1. The Labute approximate surface area is 97.3 Å². The number of H-pyrrole nitrogens is 1. The lowest BCUT2D eigenvalue weighted by Gasteiger charge is -2.09. The molecule has 0 aliphatic carbocycles. The Bertz CT molecular complexity index is 547. The van der Waals surface area contributed by atoms with Gasteiger partial charge in [-0.05, 0) is 24.6 Å². The van der Waals surface area contributed by atoms with Gasteiger partial charge in [-0.1, -0.05) is 12.1 Å². The molecule has 17 heavy (non-hydrogen) atoms. The monoisotopic (exact) mass is 235 g/mol. The minimum atomic E-state index is -0.963. The summed E-state index contributed by atoms with van der Waals surface area (Å²) in [5.74, 6) is -0.690. The number of aryl methyl sites for hydroxylation is 1. The van der Waals surface area contributed by atoms with Crippen molar-refractivity contribution in [1.82, 2.24) is 10.2 Å². The number of benzene rings is 1. The molecule has 2 aromatic rings. The second kappa shape index (κ2) is 4.84. The Hall–Kier alpha value is -2.08. The van der Waals surface area contributed by atoms with Crippen molar-refractivity contribution in [2.75, 3.05) is 11.9 Å². The number of hydrogen-bond donors (Lipinski definition) is 3. The van der Waals surface area contributed by atoms with Crippen LogP contribution in [0, 0.1) is 6.92 Å². The zero-order valence-electron chi connectivity index (χ0n) is 9.30. The van der Waals surface area contributed by atoms with Crippen LogP contribution in [0.5, 0.6) is 0 Å². The predicted molar refractivity (Wildman–Crippen MR) is 61.8 cm³/mol. The fourth-order valence-electron chi connectivity index (χ4n) is 1.44. The van der Waals surface area contributed by atoms with Crippen molar-refractivity contribution in [3.63, 3.8) is 0 Å². The van der Waals surface area contributed by atoms with Crippen molar-refractivity contribution >= 4 is 5.69 Å². The van der Waals surface area contributed by atoms with E-state index >= 15 is 0 Å². The average Bonchev–Trinajstić information content (AvgIpc) is 2.73. The van der Waals surface area contributed by atoms with E-state index in [9.17, 15) is 9.90 Å². The summed E-state index contributed by atoms with van der Waals surface area (Å²) in [5, 5.41) is 18.4. The molecule has 6 nitrogen and oxygen atoms in total. The molecule has 1 heterocycles. The lowest BCUT2D eigenvalue weighted by atomic mass is 10.2. The van der Waals surface area contributed by atoms with Gasteiger partial charge in [0.25, 0.3) is 0 Å². The summed E-state index contributed by atoms with van der Waals surface area (Å²) >= 11 is 0. The van der Waals surface area contributed by atoms with E-state index in [4.69, 9.17) is 0 Å². The van der Waals surface area contributed by atoms with Crippen LogP contribution in [0.2, 0.25) is 0 Å². The molecule has 3 N–H and O–H groups in total. The molecule has 0 radical (unpaired) electrons. The van der Waals surface area contributed by atoms with Crippen LogP contribution < -0.4 is 11.1 Å². The molecule has 0 aliphatic heterocycles. The van der Waals surface area contributed by atoms with Crippen molar-refractivity contribution in [2.45, 2.75) is 13.0 Å². The molecule has 1 aromatic carbocycles. The fraction of sp³-hybridized carbons (Fsp3) is 0.273. The van der Waals surface area contributed by atoms with E-state index in [-0.39, 0.29) is 12.4 Å². The Morgan fingerprint density at radius 3 is 3.06 bits per heavy atom. The lowest BCUT2D eigenvalue weighted by Crippen LogP contribution is -2.12. The number of aliphatic hydroxyl groups excluding tert-OH is 1. The van der Waals surface area contributed by atoms with Crippen molar-refractivity contribution in [1.29, 1.82) is 0 Å². The van der Waals surface area contributed by atoms with Gasteiger partial charge in [-0.15, -0.1) is 5.10 Å². The summed E-state index contributed by atoms with van der Waals surface area (Å²) in [5.41, 5.74) is 2.01. The molecule has 1 unspecified atom stereocenters. The van der Waals surface area contributed by atoms with E-state index in [2.05, 4.69) is 19.9 Å². The summed E-state index contributed by atoms with van der Waals surface area (Å²) in [7, 11) is 0. The van der Waals surface area contributed by atoms with Gasteiger partial charge >= 0.3 is 5.76 Å². The van der Waals surface area contributed by atoms with Crippen LogP contribution in [-0.4, -0.2) is 21.8 Å². The lowest BCUT2D eigenvalue weighted by molar-refractivity contribution is 0.154. The number of anilines is 1. The molecule has 1 atom stereocenters. The minimum absolute atomic E-state index is 0.0184. The first-order valence-corrected chi connectivity index (χ1v) is 5.19. The topological polar surface area (TPSA) is 91.1 Å². The number of aliphatic hydroxyl groups is 1. The van der Waals surface area contributed by atoms with Crippen LogP contribution in [0.25, 0.3) is 0 Å². The molecule has 0 saturated heterocycles. The van der Waals surface area contributed by atoms with E-state index in [1.807, 2.05) is 31.2 Å². The molecule has 0 spiro atoms. The number of hydrogen-bond acceptors (Lipinski definition) is 5. The normalized spacial score (nSPS) is 12.4. The van der Waals surface area contributed by atoms with Gasteiger partial charge < -0.3 is 14.8 Å². The average molecular weight is 235 g/mol. The van der Waals surface area contributed by atoms with Gasteiger partial charge in [0.1, 0.15) is 6.10 Å². The third-order valence-electron chi connectivity index (χ3n) is 2.26. The largest absolute Gasteiger partial charge is 0.434 e. The van der Waals surface area contributed by atoms with Gasteiger partial charge in [-0.2, -0.15) is 0 Å². The highest BCUT2D eigenvalue weighted by Gasteiger charge is 2.13. The Balaban J connectivity index is 1.96. The summed E-state index contributed by atoms with van der Waals surface area (Å²) in [6, 6.07) is 7.74. The van der Waals surface area contributed by atoms with Gasteiger partial charge in [0.2, 0.25) is 5.89 Å². The van der Waals surface area contributed by atoms with Gasteiger partial charge in [-0.3, -0.25) is 0 Å². The van der Waals surface area contributed by atoms with Crippen LogP contribution in [0.3, 0.4) is 0 Å². The van der Waals surface area contributed by atoms with E-state index in [1.165, 1.54) is 0 Å². The van der Waals surface area contributed by atoms with Crippen LogP contribution in [0.1, 0.15) is 17.6 Å². The second-order valence-corrected chi connectivity index (χ2v) is 3.72. The summed E-state index contributed by atoms with van der Waals surface area (Å²) in [6.07, 6.45) is -0.963. The summed E-state index contributed by atoms with van der Waals surface area (Å²) in [4.78, 5) is 10.7. The molecule has 0 amide bonds. The molecular formula is C11H13N3O3. The Morgan fingerprint density at radius 1 is 1.59 bits per heavy atom. The standard InChI is InChI=1S/C11H13N3O3/c1-7-3-2-4-8(5-7)12-6-9(15)10-13-14-11(16)17-10/h2-5,9,12,15H,6H2,1H3,(H,14,16). The fourth-order valence-corrected chi connectivity index (χ4v) is 1.44. The van der Waals surface area contributed by atoms with E-state index in [0.29, 0.717) is 0 Å². The molecule has 0 bridgehead atoms. The van der Waals surface area contributed by atoms with Crippen molar-refractivity contribution < 1.29 is 9.52 Å². The van der Waals surface area contributed by atoms with E-state index in [1.54, 1.807) is 0 Å². The molecule has 0 fully saturated rings. The third-order valence-corrected chi connectivity index (χ3v) is 2.26. The van der Waals surface area contributed by atoms with Crippen LogP contribution >= 0.6 is 0 Å². The molecule has 2 rings (SSSR count). The maximum atomic E-state index is 10.7. The van der Waals surface area contributed by atoms with Gasteiger partial charge in [-0.25, -0.2) is 9.89 Å². The SMILES string of the molecule is Cc1cccc(NCC(O)c2n[nH]c(=O)o2)c1. The molecular weight excluding hydrogens is 222 g/mol. The molecule has 0 saturated carbocycles. The van der Waals surface area contributed by atoms with Crippen LogP contribution in [0.15, 0.2) is 33.5 Å². The summed E-state index contributed by atoms with van der Waals surface area (Å²) in [6.45, 7) is 2.20. The van der Waals surface area contributed by atoms with Crippen molar-refractivity contribution in [3.05, 3.63) is 46.3 Å². The predicted octanol–water partition coefficient (Wildman–Crippen LogP) is 0.817. The zero-order chi connectivity index (χ0) is 12.3. The third kappa shape index (κ3) is 2.94. The first-order valence-electron chi connectivity index (χ1n) is 5.19. The first-order chi connectivity index (χ1) is 8.15. The highest BCUT2D eigenvalue weighted by Crippen LogP contribution is 2.12. The van der Waals surface area contributed by atoms with Crippen molar-refractivity contribution in [2.24, 2.45) is 0 Å². The Morgan fingerprint density at radius 2 is 2.41 bits per heavy atom. The van der Waals surface area contributed by atoms with Gasteiger partial charge in [0.05, 0.1) is 0 Å². The molecule has 90 valence electrons. The summed E-state index contributed by atoms with van der Waals surface area (Å²) < 4.78 is 4.65. The smallest absolute Gasteiger partial charge is 0.390 e. The second-order valence-electron chi connectivity index (χ2n) is 3.72. The molecule has 1 aromatic heterocycles. The maximum absolute atomic E-state index is 10.7. The van der Waals surface area contributed by atoms with E-state index in [0.717, 1.165) is 11.3 Å². The van der Waals surface area contributed by atoms with Crippen LogP contribution in [-0.2, 0) is 0 Å². The van der Waals surface area contributed by atoms with E-state index < -0.39 is 11.9 Å². The number of aromatic nitrogens is 2. The number of rotatable bonds is 4. The van der Waals surface area contributed by atoms with Gasteiger partial charge in [0.15, 0.2) is 0 Å². The zero-order valence-corrected chi connectivity index (χ0v) is 9.30. The quantitative estimate of drug-likeness (QED) is 0.729. The highest BCUT2D eigenvalue weighted by atomic mass is 16.4. The molecule has 0 aliphatic rings. The first kappa shape index (κ1) is 11.4. The van der Waals surface area contributed by atoms with Crippen molar-refractivity contribution in [3.8, 4) is 0 Å². The van der Waals surface area contributed by atoms with Crippen LogP contribution in [0.4, 0.5) is 5.69 Å². The highest BCUT2D eigenvalue weighted by molar-refractivity contribution is 5.45. The number of nitrogens with one attached hydrogen (secondary N) is 2. The minimum Gasteiger partial charge on any atom is -0.390 e. The van der Waals surface area contributed by atoms with Gasteiger partial charge in [0, 0.05) is 12.2 Å².